The minimum absolute atomic E-state index is 0.199. The lowest BCUT2D eigenvalue weighted by atomic mass is 10.1. The molecular weight excluding hydrogens is 370 g/mol. The van der Waals surface area contributed by atoms with Crippen LogP contribution in [0.3, 0.4) is 0 Å². The van der Waals surface area contributed by atoms with Crippen LogP contribution in [0, 0.1) is 11.7 Å². The van der Waals surface area contributed by atoms with Crippen LogP contribution in [0.5, 0.6) is 0 Å². The molecule has 0 amide bonds. The van der Waals surface area contributed by atoms with E-state index in [-0.39, 0.29) is 11.9 Å². The molecule has 2 aliphatic heterocycles. The number of aliphatic imine (C=N–C) groups is 1. The monoisotopic (exact) mass is 405 g/mol. The van der Waals surface area contributed by atoms with Gasteiger partial charge in [-0.15, -0.1) is 6.58 Å². The number of dihydropyridines is 1. The van der Waals surface area contributed by atoms with Crippen molar-refractivity contribution in [3.05, 3.63) is 59.4 Å². The maximum Gasteiger partial charge on any atom is 0.156 e. The van der Waals surface area contributed by atoms with Gasteiger partial charge in [-0.2, -0.15) is 4.59 Å². The Hall–Kier alpha value is -2.18. The van der Waals surface area contributed by atoms with Gasteiger partial charge in [-0.1, -0.05) is 18.1 Å². The van der Waals surface area contributed by atoms with Crippen molar-refractivity contribution in [3.8, 4) is 0 Å². The summed E-state index contributed by atoms with van der Waals surface area (Å²) >= 11 is 0. The Balaban J connectivity index is 0.000000540. The number of nitrogens with zero attached hydrogens (tertiary/aromatic N) is 3. The fourth-order valence-electron chi connectivity index (χ4n) is 3.46. The number of nitrogens with two attached hydrogens (primary N) is 1. The molecule has 29 heavy (non-hydrogen) atoms. The summed E-state index contributed by atoms with van der Waals surface area (Å²) in [7, 11) is 2.00. The number of fused-ring (bicyclic) bond motifs is 1. The first kappa shape index (κ1) is 24.9. The second-order valence-corrected chi connectivity index (χ2v) is 6.92. The minimum Gasteiger partial charge on any atom is -0.333 e. The Kier molecular flexibility index (Phi) is 10.6. The highest BCUT2D eigenvalue weighted by atomic mass is 19.1. The lowest BCUT2D eigenvalue weighted by Gasteiger charge is -2.33. The summed E-state index contributed by atoms with van der Waals surface area (Å²) in [6.45, 7) is 9.11. The van der Waals surface area contributed by atoms with Gasteiger partial charge in [0, 0.05) is 11.6 Å². The number of alkyl halides is 1. The van der Waals surface area contributed by atoms with Gasteiger partial charge in [-0.25, -0.2) is 4.39 Å². The Bertz CT molecular complexity index is 828. The van der Waals surface area contributed by atoms with Gasteiger partial charge in [-0.3, -0.25) is 9.38 Å². The average molecular weight is 406 g/mol. The molecule has 6 heteroatoms. The van der Waals surface area contributed by atoms with E-state index in [0.717, 1.165) is 30.1 Å². The normalized spacial score (nSPS) is 23.3. The quantitative estimate of drug-likeness (QED) is 0.605. The molecule has 1 aromatic rings. The van der Waals surface area contributed by atoms with Crippen LogP contribution in [-0.4, -0.2) is 43.7 Å². The van der Waals surface area contributed by atoms with Gasteiger partial charge < -0.3 is 5.73 Å². The van der Waals surface area contributed by atoms with E-state index < -0.39 is 0 Å². The molecule has 2 atom stereocenters. The molecular formula is C23H35F2N4+. The second kappa shape index (κ2) is 12.4. The highest BCUT2D eigenvalue weighted by Crippen LogP contribution is 2.33. The van der Waals surface area contributed by atoms with Gasteiger partial charge in [0.2, 0.25) is 0 Å². The molecule has 160 valence electrons. The van der Waals surface area contributed by atoms with E-state index in [2.05, 4.69) is 37.6 Å². The van der Waals surface area contributed by atoms with E-state index in [4.69, 9.17) is 10.1 Å². The third kappa shape index (κ3) is 6.41. The number of allylic oxidation sites excluding steroid dienone is 2. The van der Waals surface area contributed by atoms with Crippen LogP contribution in [0.4, 0.5) is 8.78 Å². The number of hydrogen-bond donors (Lipinski definition) is 1. The highest BCUT2D eigenvalue weighted by Gasteiger charge is 2.38. The molecule has 2 N–H and O–H groups in total. The van der Waals surface area contributed by atoms with Crippen molar-refractivity contribution < 1.29 is 13.4 Å². The maximum atomic E-state index is 13.5. The Labute approximate surface area is 173 Å². The zero-order valence-corrected chi connectivity index (χ0v) is 18.1. The van der Waals surface area contributed by atoms with E-state index in [0.29, 0.717) is 17.7 Å². The lowest BCUT2D eigenvalue weighted by Crippen LogP contribution is -2.48. The molecule has 2 unspecified atom stereocenters. The van der Waals surface area contributed by atoms with E-state index in [1.165, 1.54) is 31.7 Å². The molecule has 4 nitrogen and oxygen atoms in total. The molecule has 0 aromatic heterocycles. The molecule has 2 heterocycles. The number of quaternary nitrogens is 1. The predicted octanol–water partition coefficient (Wildman–Crippen LogP) is 3.48. The maximum absolute atomic E-state index is 13.5. The topological polar surface area (TPSA) is 50.7 Å². The van der Waals surface area contributed by atoms with Crippen LogP contribution in [0.15, 0.2) is 53.1 Å². The van der Waals surface area contributed by atoms with Crippen LogP contribution in [0.1, 0.15) is 33.1 Å². The van der Waals surface area contributed by atoms with Crippen LogP contribution < -0.4 is 16.3 Å². The van der Waals surface area contributed by atoms with E-state index in [9.17, 15) is 8.78 Å². The van der Waals surface area contributed by atoms with Crippen molar-refractivity contribution in [1.29, 1.82) is 0 Å². The number of halogens is 2. The van der Waals surface area contributed by atoms with Crippen LogP contribution >= 0.6 is 0 Å². The first-order valence-electron chi connectivity index (χ1n) is 10.1. The van der Waals surface area contributed by atoms with Gasteiger partial charge >= 0.3 is 0 Å². The minimum atomic E-state index is -0.199. The molecule has 0 bridgehead atoms. The molecule has 0 spiro atoms. The van der Waals surface area contributed by atoms with Crippen molar-refractivity contribution in [2.75, 3.05) is 27.3 Å². The summed E-state index contributed by atoms with van der Waals surface area (Å²) in [5.41, 5.74) is 5.76. The molecule has 0 radical (unpaired) electrons. The molecule has 1 aliphatic carbocycles. The van der Waals surface area contributed by atoms with Crippen LogP contribution in [0.25, 0.3) is 6.20 Å². The van der Waals surface area contributed by atoms with Crippen molar-refractivity contribution in [3.63, 3.8) is 0 Å². The Morgan fingerprint density at radius 3 is 2.45 bits per heavy atom. The van der Waals surface area contributed by atoms with Gasteiger partial charge in [0.25, 0.3) is 0 Å². The first-order valence-corrected chi connectivity index (χ1v) is 10.1. The molecule has 3 aliphatic rings. The fourth-order valence-corrected chi connectivity index (χ4v) is 3.46. The largest absolute Gasteiger partial charge is 0.333 e. The van der Waals surface area contributed by atoms with E-state index >= 15 is 0 Å². The lowest BCUT2D eigenvalue weighted by molar-refractivity contribution is -0.877. The van der Waals surface area contributed by atoms with Gasteiger partial charge in [0.1, 0.15) is 23.9 Å². The Morgan fingerprint density at radius 2 is 1.93 bits per heavy atom. The van der Waals surface area contributed by atoms with Crippen LogP contribution in [-0.2, 0) is 0 Å². The number of rotatable bonds is 4. The number of benzene rings is 1. The van der Waals surface area contributed by atoms with Crippen molar-refractivity contribution >= 4 is 11.9 Å². The predicted molar refractivity (Wildman–Crippen MR) is 118 cm³/mol. The van der Waals surface area contributed by atoms with Crippen LogP contribution in [0.2, 0.25) is 0 Å². The summed E-state index contributed by atoms with van der Waals surface area (Å²) in [6.07, 6.45) is 11.9. The summed E-state index contributed by atoms with van der Waals surface area (Å²) in [4.78, 5) is 4.79. The number of hydrogen-bond acceptors (Lipinski definition) is 3. The average Bonchev–Trinajstić information content (AvgIpc) is 3.54. The standard InChI is InChI=1S/C18H21FN3.C3H6.CH3F.CH5N/c1-2-9-22(12-14-10-15(19)5-7-18(14)21-22)16-6-8-17(20-11-16)13-3-4-13;1-3-2;2*1-2/h5-8,10,12-13,16H,2-4,9,11H2,1H3;3H,1H2,2H3;1H3;2H2,1H3/q+1;;;. The summed E-state index contributed by atoms with van der Waals surface area (Å²) in [6, 6.07) is 5.07. The van der Waals surface area contributed by atoms with E-state index in [1.807, 2.05) is 6.92 Å². The molecule has 1 saturated carbocycles. The Morgan fingerprint density at radius 1 is 1.28 bits per heavy atom. The molecule has 1 fully saturated rings. The summed E-state index contributed by atoms with van der Waals surface area (Å²) in [5.74, 6) is 0.498. The first-order chi connectivity index (χ1) is 14.1. The smallest absolute Gasteiger partial charge is 0.156 e. The van der Waals surface area contributed by atoms with Crippen molar-refractivity contribution in [2.24, 2.45) is 21.7 Å². The SMILES string of the molecule is C=CC.CCC[N+]1(C2C=CC(C3CC3)=NC2)C=c2cc(F)ccc2=N1.CF.CN. The van der Waals surface area contributed by atoms with Gasteiger partial charge in [-0.05, 0) is 63.6 Å². The summed E-state index contributed by atoms with van der Waals surface area (Å²) in [5, 5.41) is 6.71. The van der Waals surface area contributed by atoms with Gasteiger partial charge in [0.05, 0.1) is 18.9 Å². The van der Waals surface area contributed by atoms with E-state index in [1.54, 1.807) is 18.2 Å². The zero-order valence-electron chi connectivity index (χ0n) is 18.1. The fraction of sp³-hybridized carbons (Fsp3) is 0.478. The molecule has 4 rings (SSSR count). The second-order valence-electron chi connectivity index (χ2n) is 6.92. The third-order valence-corrected chi connectivity index (χ3v) is 4.75. The third-order valence-electron chi connectivity index (χ3n) is 4.75. The molecule has 1 aromatic carbocycles. The zero-order chi connectivity index (χ0) is 21.9. The van der Waals surface area contributed by atoms with Crippen molar-refractivity contribution in [1.82, 2.24) is 0 Å². The van der Waals surface area contributed by atoms with Crippen molar-refractivity contribution in [2.45, 2.75) is 39.2 Å². The summed E-state index contributed by atoms with van der Waals surface area (Å²) < 4.78 is 23.5. The highest BCUT2D eigenvalue weighted by molar-refractivity contribution is 5.99. The van der Waals surface area contributed by atoms with Gasteiger partial charge in [0.15, 0.2) is 6.04 Å². The molecule has 0 saturated heterocycles.